The molecule has 0 fully saturated rings. The van der Waals surface area contributed by atoms with Crippen LogP contribution in [0.5, 0.6) is 11.5 Å². The van der Waals surface area contributed by atoms with Crippen LogP contribution in [0.15, 0.2) is 42.5 Å². The Bertz CT molecular complexity index is 929. The molecule has 1 N–H and O–H groups in total. The van der Waals surface area contributed by atoms with Crippen molar-refractivity contribution in [1.29, 1.82) is 5.26 Å². The lowest BCUT2D eigenvalue weighted by atomic mass is 10.2. The summed E-state index contributed by atoms with van der Waals surface area (Å²) >= 11 is 1.38. The maximum Gasteiger partial charge on any atom is 0.264 e. The molecule has 0 atom stereocenters. The van der Waals surface area contributed by atoms with Crippen LogP contribution < -0.4 is 14.8 Å². The summed E-state index contributed by atoms with van der Waals surface area (Å²) in [6.45, 7) is 2.39. The lowest BCUT2D eigenvalue weighted by Gasteiger charge is -2.05. The standard InChI is InChI=1S/C18H15N3O3S/c1-2-23-14-7-8-15-16(9-14)25-18(20-15)21-17(22)11-24-13-5-3-12(10-19)4-6-13/h3-9H,2,11H2,1H3,(H,20,21,22). The van der Waals surface area contributed by atoms with Crippen LogP contribution in [0, 0.1) is 11.3 Å². The number of carbonyl (C=O) groups is 1. The number of ether oxygens (including phenoxy) is 2. The second-order valence-electron chi connectivity index (χ2n) is 5.05. The molecule has 0 aliphatic heterocycles. The van der Waals surface area contributed by atoms with Gasteiger partial charge in [0.2, 0.25) is 0 Å². The Morgan fingerprint density at radius 1 is 1.20 bits per heavy atom. The Kier molecular flexibility index (Phi) is 5.11. The van der Waals surface area contributed by atoms with E-state index in [1.807, 2.05) is 31.2 Å². The number of nitriles is 1. The average Bonchev–Trinajstić information content (AvgIpc) is 3.02. The predicted octanol–water partition coefficient (Wildman–Crippen LogP) is 3.58. The maximum atomic E-state index is 12.0. The van der Waals surface area contributed by atoms with Gasteiger partial charge in [-0.3, -0.25) is 10.1 Å². The van der Waals surface area contributed by atoms with Crippen LogP contribution in [0.25, 0.3) is 10.2 Å². The number of benzene rings is 2. The molecule has 25 heavy (non-hydrogen) atoms. The van der Waals surface area contributed by atoms with Crippen LogP contribution in [0.2, 0.25) is 0 Å². The van der Waals surface area contributed by atoms with Crippen LogP contribution in [0.4, 0.5) is 5.13 Å². The van der Waals surface area contributed by atoms with E-state index in [-0.39, 0.29) is 12.5 Å². The quantitative estimate of drug-likeness (QED) is 0.732. The van der Waals surface area contributed by atoms with Gasteiger partial charge in [-0.1, -0.05) is 11.3 Å². The molecular weight excluding hydrogens is 338 g/mol. The molecule has 0 spiro atoms. The van der Waals surface area contributed by atoms with Gasteiger partial charge in [0.1, 0.15) is 11.5 Å². The lowest BCUT2D eigenvalue weighted by Crippen LogP contribution is -2.19. The van der Waals surface area contributed by atoms with E-state index in [4.69, 9.17) is 14.7 Å². The second kappa shape index (κ2) is 7.64. The number of nitrogens with one attached hydrogen (secondary N) is 1. The highest BCUT2D eigenvalue weighted by molar-refractivity contribution is 7.22. The Labute approximate surface area is 148 Å². The van der Waals surface area contributed by atoms with Gasteiger partial charge in [-0.15, -0.1) is 0 Å². The zero-order valence-electron chi connectivity index (χ0n) is 13.5. The van der Waals surface area contributed by atoms with Crippen molar-refractivity contribution in [2.75, 3.05) is 18.5 Å². The van der Waals surface area contributed by atoms with E-state index in [9.17, 15) is 4.79 Å². The molecule has 126 valence electrons. The minimum absolute atomic E-state index is 0.133. The number of thiazole rings is 1. The minimum Gasteiger partial charge on any atom is -0.494 e. The van der Waals surface area contributed by atoms with Crippen LogP contribution in [0.3, 0.4) is 0 Å². The summed E-state index contributed by atoms with van der Waals surface area (Å²) in [5.74, 6) is 1.01. The summed E-state index contributed by atoms with van der Waals surface area (Å²) in [7, 11) is 0. The van der Waals surface area contributed by atoms with Crippen molar-refractivity contribution in [2.24, 2.45) is 0 Å². The summed E-state index contributed by atoms with van der Waals surface area (Å²) in [6, 6.07) is 14.2. The lowest BCUT2D eigenvalue weighted by molar-refractivity contribution is -0.118. The number of fused-ring (bicyclic) bond motifs is 1. The number of amides is 1. The molecular formula is C18H15N3O3S. The van der Waals surface area contributed by atoms with E-state index in [1.165, 1.54) is 11.3 Å². The molecule has 3 rings (SSSR count). The first-order chi connectivity index (χ1) is 12.2. The topological polar surface area (TPSA) is 84.2 Å². The predicted molar refractivity (Wildman–Crippen MR) is 96.1 cm³/mol. The van der Waals surface area contributed by atoms with Crippen molar-refractivity contribution < 1.29 is 14.3 Å². The van der Waals surface area contributed by atoms with E-state index >= 15 is 0 Å². The third kappa shape index (κ3) is 4.25. The van der Waals surface area contributed by atoms with Gasteiger partial charge in [0.05, 0.1) is 28.5 Å². The van der Waals surface area contributed by atoms with Gasteiger partial charge in [0.15, 0.2) is 11.7 Å². The molecule has 0 bridgehead atoms. The van der Waals surface area contributed by atoms with E-state index < -0.39 is 0 Å². The molecule has 6 nitrogen and oxygen atoms in total. The number of aromatic nitrogens is 1. The van der Waals surface area contributed by atoms with E-state index in [0.29, 0.717) is 23.1 Å². The SMILES string of the molecule is CCOc1ccc2nc(NC(=O)COc3ccc(C#N)cc3)sc2c1. The number of hydrogen-bond acceptors (Lipinski definition) is 6. The first-order valence-electron chi connectivity index (χ1n) is 7.64. The van der Waals surface area contributed by atoms with Crippen molar-refractivity contribution in [2.45, 2.75) is 6.92 Å². The van der Waals surface area contributed by atoms with Gasteiger partial charge in [-0.25, -0.2) is 4.98 Å². The van der Waals surface area contributed by atoms with Crippen molar-refractivity contribution in [1.82, 2.24) is 4.98 Å². The highest BCUT2D eigenvalue weighted by Gasteiger charge is 2.09. The highest BCUT2D eigenvalue weighted by Crippen LogP contribution is 2.29. The number of nitrogens with zero attached hydrogens (tertiary/aromatic N) is 2. The number of rotatable bonds is 6. The van der Waals surface area contributed by atoms with Gasteiger partial charge < -0.3 is 9.47 Å². The summed E-state index contributed by atoms with van der Waals surface area (Å²) in [6.07, 6.45) is 0. The summed E-state index contributed by atoms with van der Waals surface area (Å²) in [4.78, 5) is 16.4. The van der Waals surface area contributed by atoms with Crippen molar-refractivity contribution >= 4 is 32.6 Å². The summed E-state index contributed by atoms with van der Waals surface area (Å²) < 4.78 is 11.8. The summed E-state index contributed by atoms with van der Waals surface area (Å²) in [5, 5.41) is 12.0. The fourth-order valence-corrected chi connectivity index (χ4v) is 3.06. The Morgan fingerprint density at radius 3 is 2.68 bits per heavy atom. The fourth-order valence-electron chi connectivity index (χ4n) is 2.14. The number of anilines is 1. The molecule has 2 aromatic carbocycles. The molecule has 3 aromatic rings. The monoisotopic (exact) mass is 353 g/mol. The smallest absolute Gasteiger partial charge is 0.264 e. The molecule has 7 heteroatoms. The van der Waals surface area contributed by atoms with Crippen LogP contribution in [-0.4, -0.2) is 24.1 Å². The Morgan fingerprint density at radius 2 is 1.96 bits per heavy atom. The van der Waals surface area contributed by atoms with Gasteiger partial charge >= 0.3 is 0 Å². The minimum atomic E-state index is -0.298. The van der Waals surface area contributed by atoms with E-state index in [2.05, 4.69) is 10.3 Å². The Hall–Kier alpha value is -3.11. The zero-order valence-corrected chi connectivity index (χ0v) is 14.3. The molecule has 0 saturated heterocycles. The first kappa shape index (κ1) is 16.7. The molecule has 0 aliphatic carbocycles. The van der Waals surface area contributed by atoms with E-state index in [0.717, 1.165) is 16.0 Å². The molecule has 1 aromatic heterocycles. The largest absolute Gasteiger partial charge is 0.494 e. The fraction of sp³-hybridized carbons (Fsp3) is 0.167. The Balaban J connectivity index is 1.60. The van der Waals surface area contributed by atoms with Crippen LogP contribution in [0.1, 0.15) is 12.5 Å². The second-order valence-corrected chi connectivity index (χ2v) is 6.09. The third-order valence-corrected chi connectivity index (χ3v) is 4.20. The van der Waals surface area contributed by atoms with Gasteiger partial charge in [0, 0.05) is 0 Å². The van der Waals surface area contributed by atoms with E-state index in [1.54, 1.807) is 24.3 Å². The highest BCUT2D eigenvalue weighted by atomic mass is 32.1. The molecule has 0 radical (unpaired) electrons. The molecule has 1 heterocycles. The van der Waals surface area contributed by atoms with Crippen LogP contribution >= 0.6 is 11.3 Å². The normalized spacial score (nSPS) is 10.2. The molecule has 0 aliphatic rings. The molecule has 0 saturated carbocycles. The van der Waals surface area contributed by atoms with Crippen molar-refractivity contribution in [3.05, 3.63) is 48.0 Å². The van der Waals surface area contributed by atoms with Crippen LogP contribution in [-0.2, 0) is 4.79 Å². The van der Waals surface area contributed by atoms with Gasteiger partial charge in [-0.2, -0.15) is 5.26 Å². The average molecular weight is 353 g/mol. The first-order valence-corrected chi connectivity index (χ1v) is 8.46. The molecule has 0 unspecified atom stereocenters. The maximum absolute atomic E-state index is 12.0. The van der Waals surface area contributed by atoms with Gasteiger partial charge in [-0.05, 0) is 49.4 Å². The number of carbonyl (C=O) groups excluding carboxylic acids is 1. The van der Waals surface area contributed by atoms with Crippen molar-refractivity contribution in [3.8, 4) is 17.6 Å². The van der Waals surface area contributed by atoms with Crippen molar-refractivity contribution in [3.63, 3.8) is 0 Å². The summed E-state index contributed by atoms with van der Waals surface area (Å²) in [5.41, 5.74) is 1.34. The molecule has 1 amide bonds. The third-order valence-electron chi connectivity index (χ3n) is 3.27. The van der Waals surface area contributed by atoms with Gasteiger partial charge in [0.25, 0.3) is 5.91 Å². The number of hydrogen-bond donors (Lipinski definition) is 1. The zero-order chi connectivity index (χ0) is 17.6.